The van der Waals surface area contributed by atoms with E-state index in [1.54, 1.807) is 19.1 Å². The van der Waals surface area contributed by atoms with E-state index in [4.69, 9.17) is 4.74 Å². The predicted molar refractivity (Wildman–Crippen MR) is 121 cm³/mol. The van der Waals surface area contributed by atoms with Crippen molar-refractivity contribution in [3.8, 4) is 5.75 Å². The number of sulfonamides is 1. The first-order valence-electron chi connectivity index (χ1n) is 10.5. The van der Waals surface area contributed by atoms with Crippen LogP contribution < -0.4 is 10.1 Å². The van der Waals surface area contributed by atoms with E-state index in [1.807, 2.05) is 42.5 Å². The van der Waals surface area contributed by atoms with Gasteiger partial charge in [0.1, 0.15) is 12.4 Å². The summed E-state index contributed by atoms with van der Waals surface area (Å²) in [4.78, 5) is 12.8. The molecule has 4 rings (SSSR count). The molecule has 162 valence electrons. The van der Waals surface area contributed by atoms with Gasteiger partial charge in [-0.1, -0.05) is 36.4 Å². The molecule has 0 saturated carbocycles. The Morgan fingerprint density at radius 3 is 2.52 bits per heavy atom. The van der Waals surface area contributed by atoms with Gasteiger partial charge in [-0.05, 0) is 60.4 Å². The zero-order valence-corrected chi connectivity index (χ0v) is 18.3. The molecule has 3 aromatic carbocycles. The molecule has 0 radical (unpaired) electrons. The molecule has 0 aliphatic carbocycles. The molecule has 0 atom stereocenters. The first-order valence-corrected chi connectivity index (χ1v) is 11.9. The Morgan fingerprint density at radius 1 is 1.00 bits per heavy atom. The molecular weight excluding hydrogens is 412 g/mol. The van der Waals surface area contributed by atoms with E-state index in [-0.39, 0.29) is 10.8 Å². The number of carbonyl (C=O) groups excluding carboxylic acids is 1. The van der Waals surface area contributed by atoms with Crippen LogP contribution in [-0.4, -0.2) is 44.9 Å². The minimum absolute atomic E-state index is 0.203. The third-order valence-electron chi connectivity index (χ3n) is 5.51. The normalized spacial score (nSPS) is 14.6. The maximum Gasteiger partial charge on any atom is 0.251 e. The maximum absolute atomic E-state index is 12.9. The summed E-state index contributed by atoms with van der Waals surface area (Å²) < 4.78 is 33.1. The highest BCUT2D eigenvalue weighted by Gasteiger charge is 2.29. The molecule has 7 heteroatoms. The third kappa shape index (κ3) is 4.73. The molecular formula is C24H26N2O4S. The van der Waals surface area contributed by atoms with E-state index >= 15 is 0 Å². The number of ether oxygens (including phenoxy) is 1. The summed E-state index contributed by atoms with van der Waals surface area (Å²) >= 11 is 0. The topological polar surface area (TPSA) is 75.7 Å². The van der Waals surface area contributed by atoms with Crippen LogP contribution in [0, 0.1) is 6.92 Å². The number of benzene rings is 3. The number of rotatable bonds is 7. The monoisotopic (exact) mass is 438 g/mol. The Labute approximate surface area is 182 Å². The molecule has 1 N–H and O–H groups in total. The van der Waals surface area contributed by atoms with Crippen LogP contribution in [0.25, 0.3) is 10.8 Å². The Morgan fingerprint density at radius 2 is 1.74 bits per heavy atom. The van der Waals surface area contributed by atoms with Crippen LogP contribution in [0.5, 0.6) is 5.75 Å². The number of fused-ring (bicyclic) bond motifs is 1. The molecule has 1 heterocycles. The summed E-state index contributed by atoms with van der Waals surface area (Å²) in [5.41, 5.74) is 0.970. The molecule has 1 aliphatic rings. The van der Waals surface area contributed by atoms with Crippen molar-refractivity contribution in [1.82, 2.24) is 9.62 Å². The van der Waals surface area contributed by atoms with Crippen molar-refractivity contribution in [1.29, 1.82) is 0 Å². The quantitative estimate of drug-likeness (QED) is 0.570. The Bertz CT molecular complexity index is 1200. The van der Waals surface area contributed by atoms with Gasteiger partial charge in [0.05, 0.1) is 11.4 Å². The van der Waals surface area contributed by atoms with Gasteiger partial charge in [0.15, 0.2) is 0 Å². The van der Waals surface area contributed by atoms with Gasteiger partial charge in [-0.2, -0.15) is 4.31 Å². The van der Waals surface area contributed by atoms with Gasteiger partial charge in [-0.25, -0.2) is 8.42 Å². The second kappa shape index (κ2) is 9.08. The summed E-state index contributed by atoms with van der Waals surface area (Å²) in [5.74, 6) is 0.419. The van der Waals surface area contributed by atoms with Gasteiger partial charge in [0.2, 0.25) is 10.0 Å². The molecule has 1 saturated heterocycles. The largest absolute Gasteiger partial charge is 0.492 e. The van der Waals surface area contributed by atoms with Crippen LogP contribution in [0.1, 0.15) is 28.8 Å². The van der Waals surface area contributed by atoms with E-state index in [1.165, 1.54) is 10.4 Å². The van der Waals surface area contributed by atoms with E-state index in [0.29, 0.717) is 37.4 Å². The van der Waals surface area contributed by atoms with Gasteiger partial charge in [0.25, 0.3) is 5.91 Å². The zero-order chi connectivity index (χ0) is 21.8. The van der Waals surface area contributed by atoms with Crippen molar-refractivity contribution >= 4 is 26.7 Å². The fourth-order valence-corrected chi connectivity index (χ4v) is 5.55. The number of hydrogen-bond donors (Lipinski definition) is 1. The van der Waals surface area contributed by atoms with Crippen LogP contribution in [0.3, 0.4) is 0 Å². The molecule has 1 fully saturated rings. The van der Waals surface area contributed by atoms with Gasteiger partial charge < -0.3 is 10.1 Å². The average Bonchev–Trinajstić information content (AvgIpc) is 3.32. The van der Waals surface area contributed by atoms with E-state index < -0.39 is 10.0 Å². The highest BCUT2D eigenvalue weighted by Crippen LogP contribution is 2.25. The van der Waals surface area contributed by atoms with Crippen LogP contribution in [-0.2, 0) is 10.0 Å². The van der Waals surface area contributed by atoms with Crippen molar-refractivity contribution in [2.75, 3.05) is 26.2 Å². The molecule has 31 heavy (non-hydrogen) atoms. The Hall–Kier alpha value is -2.90. The van der Waals surface area contributed by atoms with Crippen LogP contribution in [0.4, 0.5) is 0 Å². The maximum atomic E-state index is 12.9. The summed E-state index contributed by atoms with van der Waals surface area (Å²) in [6.45, 7) is 3.44. The second-order valence-electron chi connectivity index (χ2n) is 7.70. The van der Waals surface area contributed by atoms with Crippen molar-refractivity contribution in [2.24, 2.45) is 0 Å². The summed E-state index contributed by atoms with van der Waals surface area (Å²) in [6, 6.07) is 18.7. The number of nitrogens with zero attached hydrogens (tertiary/aromatic N) is 1. The molecule has 1 aliphatic heterocycles. The van der Waals surface area contributed by atoms with E-state index in [9.17, 15) is 13.2 Å². The number of amides is 1. The SMILES string of the molecule is Cc1ccc(C(=O)NCCOc2ccc3ccccc3c2)cc1S(=O)(=O)N1CCCC1. The first-order chi connectivity index (χ1) is 14.9. The minimum atomic E-state index is -3.58. The highest BCUT2D eigenvalue weighted by molar-refractivity contribution is 7.89. The van der Waals surface area contributed by atoms with Crippen LogP contribution in [0.2, 0.25) is 0 Å². The molecule has 0 unspecified atom stereocenters. The fraction of sp³-hybridized carbons (Fsp3) is 0.292. The summed E-state index contributed by atoms with van der Waals surface area (Å²) in [6.07, 6.45) is 1.74. The summed E-state index contributed by atoms with van der Waals surface area (Å²) in [7, 11) is -3.58. The lowest BCUT2D eigenvalue weighted by Crippen LogP contribution is -2.30. The number of aryl methyl sites for hydroxylation is 1. The number of carbonyl (C=O) groups is 1. The number of hydrogen-bond acceptors (Lipinski definition) is 4. The molecule has 6 nitrogen and oxygen atoms in total. The lowest BCUT2D eigenvalue weighted by Gasteiger charge is -2.18. The lowest BCUT2D eigenvalue weighted by atomic mass is 10.1. The van der Waals surface area contributed by atoms with Gasteiger partial charge in [-0.15, -0.1) is 0 Å². The predicted octanol–water partition coefficient (Wildman–Crippen LogP) is 3.74. The van der Waals surface area contributed by atoms with Crippen LogP contribution >= 0.6 is 0 Å². The molecule has 3 aromatic rings. The van der Waals surface area contributed by atoms with Crippen molar-refractivity contribution in [2.45, 2.75) is 24.7 Å². The van der Waals surface area contributed by atoms with Crippen molar-refractivity contribution in [3.05, 3.63) is 71.8 Å². The molecule has 0 aromatic heterocycles. The number of nitrogens with one attached hydrogen (secondary N) is 1. The fourth-order valence-electron chi connectivity index (χ4n) is 3.78. The Balaban J connectivity index is 1.37. The van der Waals surface area contributed by atoms with E-state index in [2.05, 4.69) is 5.32 Å². The first kappa shape index (κ1) is 21.3. The van der Waals surface area contributed by atoms with Crippen molar-refractivity contribution < 1.29 is 17.9 Å². The molecule has 0 bridgehead atoms. The smallest absolute Gasteiger partial charge is 0.251 e. The second-order valence-corrected chi connectivity index (χ2v) is 9.61. The zero-order valence-electron chi connectivity index (χ0n) is 17.5. The highest BCUT2D eigenvalue weighted by atomic mass is 32.2. The standard InChI is InChI=1S/C24H26N2O4S/c1-18-8-9-21(17-23(18)31(28,29)26-13-4-5-14-26)24(27)25-12-15-30-22-11-10-19-6-2-3-7-20(19)16-22/h2-3,6-11,16-17H,4-5,12-15H2,1H3,(H,25,27). The van der Waals surface area contributed by atoms with Crippen LogP contribution in [0.15, 0.2) is 65.6 Å². The minimum Gasteiger partial charge on any atom is -0.492 e. The molecule has 1 amide bonds. The van der Waals surface area contributed by atoms with Crippen molar-refractivity contribution in [3.63, 3.8) is 0 Å². The van der Waals surface area contributed by atoms with Gasteiger partial charge >= 0.3 is 0 Å². The lowest BCUT2D eigenvalue weighted by molar-refractivity contribution is 0.0947. The molecule has 0 spiro atoms. The van der Waals surface area contributed by atoms with Gasteiger partial charge in [-0.3, -0.25) is 4.79 Å². The van der Waals surface area contributed by atoms with E-state index in [0.717, 1.165) is 29.4 Å². The third-order valence-corrected chi connectivity index (χ3v) is 7.55. The Kier molecular flexibility index (Phi) is 6.25. The van der Waals surface area contributed by atoms with Gasteiger partial charge in [0, 0.05) is 18.7 Å². The average molecular weight is 439 g/mol. The summed E-state index contributed by atoms with van der Waals surface area (Å²) in [5, 5.41) is 5.04.